The molecule has 0 aromatic carbocycles. The SMILES string of the molecule is CC1(OCC(=O)O)CN(C(=O)c2ccc(Cl)nc2Cl)C1. The van der Waals surface area contributed by atoms with Crippen molar-refractivity contribution in [2.45, 2.75) is 12.5 Å². The Morgan fingerprint density at radius 1 is 1.45 bits per heavy atom. The number of aliphatic carboxylic acids is 1. The van der Waals surface area contributed by atoms with Gasteiger partial charge in [-0.2, -0.15) is 0 Å². The van der Waals surface area contributed by atoms with Gasteiger partial charge in [-0.05, 0) is 19.1 Å². The molecular weight excluding hydrogens is 307 g/mol. The van der Waals surface area contributed by atoms with Gasteiger partial charge in [0.25, 0.3) is 5.91 Å². The number of carboxylic acids is 1. The van der Waals surface area contributed by atoms with Crippen LogP contribution in [-0.2, 0) is 9.53 Å². The van der Waals surface area contributed by atoms with Gasteiger partial charge in [-0.15, -0.1) is 0 Å². The summed E-state index contributed by atoms with van der Waals surface area (Å²) in [7, 11) is 0. The summed E-state index contributed by atoms with van der Waals surface area (Å²) in [5.74, 6) is -1.32. The van der Waals surface area contributed by atoms with Crippen molar-refractivity contribution < 1.29 is 19.4 Å². The van der Waals surface area contributed by atoms with Gasteiger partial charge in [0.15, 0.2) is 0 Å². The minimum atomic E-state index is -1.04. The van der Waals surface area contributed by atoms with Crippen molar-refractivity contribution in [3.8, 4) is 0 Å². The Balaban J connectivity index is 1.98. The Morgan fingerprint density at radius 2 is 2.10 bits per heavy atom. The Hall–Kier alpha value is -1.37. The van der Waals surface area contributed by atoms with Crippen molar-refractivity contribution in [2.24, 2.45) is 0 Å². The number of likely N-dealkylation sites (tertiary alicyclic amines) is 1. The molecule has 1 aliphatic heterocycles. The second kappa shape index (κ2) is 5.55. The molecule has 1 aliphatic rings. The molecule has 1 N–H and O–H groups in total. The van der Waals surface area contributed by atoms with Crippen LogP contribution in [0.1, 0.15) is 17.3 Å². The lowest BCUT2D eigenvalue weighted by molar-refractivity contribution is -0.159. The molecule has 20 heavy (non-hydrogen) atoms. The number of carbonyl (C=O) groups is 2. The van der Waals surface area contributed by atoms with E-state index in [0.717, 1.165) is 0 Å². The van der Waals surface area contributed by atoms with Gasteiger partial charge in [-0.3, -0.25) is 4.79 Å². The molecule has 108 valence electrons. The first-order chi connectivity index (χ1) is 9.31. The van der Waals surface area contributed by atoms with Crippen LogP contribution in [0, 0.1) is 0 Å². The van der Waals surface area contributed by atoms with Crippen molar-refractivity contribution in [1.29, 1.82) is 0 Å². The predicted octanol–water partition coefficient (Wildman–Crippen LogP) is 1.70. The minimum absolute atomic E-state index is 0.0440. The fraction of sp³-hybridized carbons (Fsp3) is 0.417. The highest BCUT2D eigenvalue weighted by Crippen LogP contribution is 2.28. The van der Waals surface area contributed by atoms with Gasteiger partial charge in [0, 0.05) is 0 Å². The van der Waals surface area contributed by atoms with E-state index in [9.17, 15) is 9.59 Å². The summed E-state index contributed by atoms with van der Waals surface area (Å²) in [6.07, 6.45) is 0. The van der Waals surface area contributed by atoms with Gasteiger partial charge in [-0.1, -0.05) is 23.2 Å². The van der Waals surface area contributed by atoms with E-state index in [1.165, 1.54) is 17.0 Å². The lowest BCUT2D eigenvalue weighted by Gasteiger charge is -2.47. The lowest BCUT2D eigenvalue weighted by atomic mass is 9.95. The number of ether oxygens (including phenoxy) is 1. The monoisotopic (exact) mass is 318 g/mol. The van der Waals surface area contributed by atoms with E-state index in [4.69, 9.17) is 33.0 Å². The highest BCUT2D eigenvalue weighted by molar-refractivity contribution is 6.34. The summed E-state index contributed by atoms with van der Waals surface area (Å²) >= 11 is 11.5. The molecule has 2 rings (SSSR count). The Morgan fingerprint density at radius 3 is 2.65 bits per heavy atom. The summed E-state index contributed by atoms with van der Waals surface area (Å²) in [5, 5.41) is 8.82. The molecule has 6 nitrogen and oxygen atoms in total. The standard InChI is InChI=1S/C12H12Cl2N2O4/c1-12(20-4-9(17)18)5-16(6-12)11(19)7-2-3-8(13)15-10(7)14/h2-3H,4-6H2,1H3,(H,17,18). The molecule has 8 heteroatoms. The maximum Gasteiger partial charge on any atom is 0.329 e. The van der Waals surface area contributed by atoms with E-state index in [-0.39, 0.29) is 28.4 Å². The first-order valence-electron chi connectivity index (χ1n) is 5.78. The summed E-state index contributed by atoms with van der Waals surface area (Å²) in [6.45, 7) is 1.97. The number of rotatable bonds is 4. The fourth-order valence-electron chi connectivity index (χ4n) is 1.97. The van der Waals surface area contributed by atoms with Gasteiger partial charge < -0.3 is 14.7 Å². The third kappa shape index (κ3) is 3.20. The molecule has 0 bridgehead atoms. The number of hydrogen-bond acceptors (Lipinski definition) is 4. The van der Waals surface area contributed by atoms with Crippen LogP contribution in [0.3, 0.4) is 0 Å². The molecule has 1 saturated heterocycles. The number of carboxylic acid groups (broad SMARTS) is 1. The van der Waals surface area contributed by atoms with Crippen molar-refractivity contribution >= 4 is 35.1 Å². The van der Waals surface area contributed by atoms with Gasteiger partial charge in [0.1, 0.15) is 22.5 Å². The van der Waals surface area contributed by atoms with Crippen LogP contribution < -0.4 is 0 Å². The van der Waals surface area contributed by atoms with E-state index in [0.29, 0.717) is 13.1 Å². The Kier molecular flexibility index (Phi) is 4.17. The largest absolute Gasteiger partial charge is 0.480 e. The second-order valence-electron chi connectivity index (χ2n) is 4.77. The molecule has 1 amide bonds. The predicted molar refractivity (Wildman–Crippen MR) is 72.2 cm³/mol. The highest BCUT2D eigenvalue weighted by Gasteiger charge is 2.43. The maximum absolute atomic E-state index is 12.2. The molecule has 1 aromatic heterocycles. The highest BCUT2D eigenvalue weighted by atomic mass is 35.5. The van der Waals surface area contributed by atoms with Gasteiger partial charge in [0.2, 0.25) is 0 Å². The van der Waals surface area contributed by atoms with Gasteiger partial charge >= 0.3 is 5.97 Å². The quantitative estimate of drug-likeness (QED) is 0.855. The average molecular weight is 319 g/mol. The van der Waals surface area contributed by atoms with E-state index >= 15 is 0 Å². The van der Waals surface area contributed by atoms with Crippen LogP contribution in [0.4, 0.5) is 0 Å². The second-order valence-corrected chi connectivity index (χ2v) is 5.51. The molecular formula is C12H12Cl2N2O4. The van der Waals surface area contributed by atoms with Crippen LogP contribution in [-0.4, -0.2) is 52.2 Å². The minimum Gasteiger partial charge on any atom is -0.480 e. The molecule has 2 heterocycles. The third-order valence-corrected chi connectivity index (χ3v) is 3.43. The normalized spacial score (nSPS) is 16.6. The first kappa shape index (κ1) is 15.0. The van der Waals surface area contributed by atoms with Gasteiger partial charge in [0.05, 0.1) is 18.7 Å². The summed E-state index contributed by atoms with van der Waals surface area (Å²) in [5.41, 5.74) is -0.378. The zero-order chi connectivity index (χ0) is 14.9. The number of hydrogen-bond donors (Lipinski definition) is 1. The molecule has 0 aliphatic carbocycles. The van der Waals surface area contributed by atoms with Crippen LogP contribution in [0.15, 0.2) is 12.1 Å². The summed E-state index contributed by atoms with van der Waals surface area (Å²) in [6, 6.07) is 2.99. The van der Waals surface area contributed by atoms with Crippen molar-refractivity contribution in [2.75, 3.05) is 19.7 Å². The molecule has 0 saturated carbocycles. The average Bonchev–Trinajstić information content (AvgIpc) is 2.32. The van der Waals surface area contributed by atoms with Crippen molar-refractivity contribution in [1.82, 2.24) is 9.88 Å². The van der Waals surface area contributed by atoms with Crippen molar-refractivity contribution in [3.05, 3.63) is 28.0 Å². The molecule has 0 radical (unpaired) electrons. The number of nitrogens with zero attached hydrogens (tertiary/aromatic N) is 2. The van der Waals surface area contributed by atoms with E-state index in [1.807, 2.05) is 0 Å². The van der Waals surface area contributed by atoms with Crippen LogP contribution >= 0.6 is 23.2 Å². The summed E-state index contributed by atoms with van der Waals surface area (Å²) < 4.78 is 5.23. The van der Waals surface area contributed by atoms with E-state index < -0.39 is 11.6 Å². The fourth-order valence-corrected chi connectivity index (χ4v) is 2.40. The molecule has 1 aromatic rings. The molecule has 0 spiro atoms. The third-order valence-electron chi connectivity index (χ3n) is 2.93. The van der Waals surface area contributed by atoms with E-state index in [2.05, 4.69) is 4.98 Å². The summed E-state index contributed by atoms with van der Waals surface area (Å²) in [4.78, 5) is 27.9. The van der Waals surface area contributed by atoms with Gasteiger partial charge in [-0.25, -0.2) is 9.78 Å². The Labute approximate surface area is 125 Å². The first-order valence-corrected chi connectivity index (χ1v) is 6.53. The molecule has 1 fully saturated rings. The number of halogens is 2. The molecule has 0 unspecified atom stereocenters. The number of amides is 1. The zero-order valence-electron chi connectivity index (χ0n) is 10.6. The maximum atomic E-state index is 12.2. The Bertz CT molecular complexity index is 558. The van der Waals surface area contributed by atoms with E-state index in [1.54, 1.807) is 6.92 Å². The topological polar surface area (TPSA) is 79.7 Å². The van der Waals surface area contributed by atoms with Crippen LogP contribution in [0.2, 0.25) is 10.3 Å². The van der Waals surface area contributed by atoms with Crippen LogP contribution in [0.5, 0.6) is 0 Å². The smallest absolute Gasteiger partial charge is 0.329 e. The number of pyridine rings is 1. The lowest BCUT2D eigenvalue weighted by Crippen LogP contribution is -2.63. The molecule has 0 atom stereocenters. The van der Waals surface area contributed by atoms with Crippen molar-refractivity contribution in [3.63, 3.8) is 0 Å². The zero-order valence-corrected chi connectivity index (χ0v) is 12.1. The number of aromatic nitrogens is 1. The van der Waals surface area contributed by atoms with Crippen LogP contribution in [0.25, 0.3) is 0 Å². The number of carbonyl (C=O) groups excluding carboxylic acids is 1.